The molecule has 6 nitrogen and oxygen atoms in total. The molecule has 1 atom stereocenters. The third-order valence-electron chi connectivity index (χ3n) is 3.90. The number of amides is 2. The molecule has 0 saturated carbocycles. The Morgan fingerprint density at radius 3 is 3.04 bits per heavy atom. The number of carbonyl (C=O) groups excluding carboxylic acids is 1. The van der Waals surface area contributed by atoms with E-state index in [9.17, 15) is 4.79 Å². The van der Waals surface area contributed by atoms with Gasteiger partial charge in [0, 0.05) is 30.6 Å². The first-order valence-electron chi connectivity index (χ1n) is 7.83. The predicted molar refractivity (Wildman–Crippen MR) is 92.6 cm³/mol. The fourth-order valence-electron chi connectivity index (χ4n) is 2.84. The molecule has 2 aliphatic rings. The van der Waals surface area contributed by atoms with Crippen LogP contribution in [0.4, 0.5) is 10.5 Å². The molecule has 23 heavy (non-hydrogen) atoms. The number of anilines is 1. The molecule has 0 aromatic heterocycles. The van der Waals surface area contributed by atoms with Crippen LogP contribution < -0.4 is 14.8 Å². The first-order chi connectivity index (χ1) is 11.1. The molecule has 0 unspecified atom stereocenters. The van der Waals surface area contributed by atoms with Crippen LogP contribution in [0.1, 0.15) is 6.42 Å². The zero-order chi connectivity index (χ0) is 16.2. The van der Waals surface area contributed by atoms with E-state index < -0.39 is 0 Å². The summed E-state index contributed by atoms with van der Waals surface area (Å²) in [6.45, 7) is 1.91. The molecule has 7 heteroatoms. The summed E-state index contributed by atoms with van der Waals surface area (Å²) in [5.74, 6) is 3.49. The van der Waals surface area contributed by atoms with Crippen LogP contribution in [-0.4, -0.2) is 67.4 Å². The van der Waals surface area contributed by atoms with E-state index in [1.54, 1.807) is 0 Å². The number of hydrogen-bond donors (Lipinski definition) is 1. The van der Waals surface area contributed by atoms with Crippen molar-refractivity contribution in [3.63, 3.8) is 0 Å². The minimum absolute atomic E-state index is 0.0433. The van der Waals surface area contributed by atoms with Crippen molar-refractivity contribution < 1.29 is 14.3 Å². The first kappa shape index (κ1) is 16.3. The molecule has 1 N–H and O–H groups in total. The second-order valence-corrected chi connectivity index (χ2v) is 7.19. The third-order valence-corrected chi connectivity index (χ3v) is 5.10. The Morgan fingerprint density at radius 2 is 2.22 bits per heavy atom. The van der Waals surface area contributed by atoms with Crippen molar-refractivity contribution in [2.45, 2.75) is 12.5 Å². The van der Waals surface area contributed by atoms with Crippen LogP contribution in [0.5, 0.6) is 11.5 Å². The maximum Gasteiger partial charge on any atom is 0.322 e. The van der Waals surface area contributed by atoms with Gasteiger partial charge in [-0.05, 0) is 38.4 Å². The maximum atomic E-state index is 12.7. The summed E-state index contributed by atoms with van der Waals surface area (Å²) < 4.78 is 10.7. The van der Waals surface area contributed by atoms with E-state index in [2.05, 4.69) is 10.2 Å². The quantitative estimate of drug-likeness (QED) is 0.917. The molecule has 2 amide bonds. The van der Waals surface area contributed by atoms with Gasteiger partial charge in [0.15, 0.2) is 11.5 Å². The van der Waals surface area contributed by atoms with Gasteiger partial charge in [-0.3, -0.25) is 0 Å². The number of hydrogen-bond acceptors (Lipinski definition) is 5. The summed E-state index contributed by atoms with van der Waals surface area (Å²) in [5.41, 5.74) is 0.736. The lowest BCUT2D eigenvalue weighted by molar-refractivity contribution is 0.174. The van der Waals surface area contributed by atoms with Crippen molar-refractivity contribution in [3.8, 4) is 11.5 Å². The lowest BCUT2D eigenvalue weighted by Crippen LogP contribution is -2.48. The number of fused-ring (bicyclic) bond motifs is 1. The van der Waals surface area contributed by atoms with Crippen molar-refractivity contribution in [2.75, 3.05) is 50.8 Å². The summed E-state index contributed by atoms with van der Waals surface area (Å²) >= 11 is 1.92. The van der Waals surface area contributed by atoms with Crippen LogP contribution in [0.25, 0.3) is 0 Å². The van der Waals surface area contributed by atoms with Crippen LogP contribution in [0.3, 0.4) is 0 Å². The van der Waals surface area contributed by atoms with Gasteiger partial charge in [0.1, 0.15) is 0 Å². The predicted octanol–water partition coefficient (Wildman–Crippen LogP) is 2.32. The van der Waals surface area contributed by atoms with Gasteiger partial charge < -0.3 is 24.6 Å². The highest BCUT2D eigenvalue weighted by Crippen LogP contribution is 2.34. The van der Waals surface area contributed by atoms with E-state index in [-0.39, 0.29) is 18.9 Å². The molecule has 0 aliphatic carbocycles. The van der Waals surface area contributed by atoms with Crippen molar-refractivity contribution in [3.05, 3.63) is 18.2 Å². The standard InChI is InChI=1S/C16H23N3O3S/c1-18(2)9-13-10-23-7-3-6-19(13)16(20)17-12-4-5-14-15(8-12)22-11-21-14/h4-5,8,13H,3,6-7,9-11H2,1-2H3,(H,17,20)/t13-/m0/s1. The number of carbonyl (C=O) groups is 1. The van der Waals surface area contributed by atoms with Gasteiger partial charge in [-0.2, -0.15) is 11.8 Å². The van der Waals surface area contributed by atoms with Crippen molar-refractivity contribution in [1.82, 2.24) is 9.80 Å². The Hall–Kier alpha value is -1.60. The van der Waals surface area contributed by atoms with Gasteiger partial charge >= 0.3 is 6.03 Å². The highest BCUT2D eigenvalue weighted by atomic mass is 32.2. The van der Waals surface area contributed by atoms with E-state index in [4.69, 9.17) is 9.47 Å². The molecule has 3 rings (SSSR count). The molecule has 1 aromatic rings. The zero-order valence-corrected chi connectivity index (χ0v) is 14.4. The zero-order valence-electron chi connectivity index (χ0n) is 13.6. The van der Waals surface area contributed by atoms with Gasteiger partial charge in [0.2, 0.25) is 6.79 Å². The largest absolute Gasteiger partial charge is 0.454 e. The Morgan fingerprint density at radius 1 is 1.39 bits per heavy atom. The number of nitrogens with zero attached hydrogens (tertiary/aromatic N) is 2. The monoisotopic (exact) mass is 337 g/mol. The van der Waals surface area contributed by atoms with Crippen molar-refractivity contribution >= 4 is 23.5 Å². The van der Waals surface area contributed by atoms with Crippen molar-refractivity contribution in [1.29, 1.82) is 0 Å². The highest BCUT2D eigenvalue weighted by Gasteiger charge is 2.26. The molecular weight excluding hydrogens is 314 g/mol. The van der Waals surface area contributed by atoms with Gasteiger partial charge in [0.05, 0.1) is 6.04 Å². The Labute approximate surface area is 141 Å². The molecule has 0 bridgehead atoms. The van der Waals surface area contributed by atoms with E-state index in [0.717, 1.165) is 42.5 Å². The second-order valence-electron chi connectivity index (χ2n) is 6.04. The lowest BCUT2D eigenvalue weighted by Gasteiger charge is -2.31. The molecule has 2 aliphatic heterocycles. The van der Waals surface area contributed by atoms with E-state index in [1.165, 1.54) is 0 Å². The number of urea groups is 1. The van der Waals surface area contributed by atoms with Crippen LogP contribution in [-0.2, 0) is 0 Å². The molecule has 1 fully saturated rings. The molecule has 0 radical (unpaired) electrons. The van der Waals surface area contributed by atoms with Crippen molar-refractivity contribution in [2.24, 2.45) is 0 Å². The fraction of sp³-hybridized carbons (Fsp3) is 0.562. The molecule has 1 aromatic carbocycles. The summed E-state index contributed by atoms with van der Waals surface area (Å²) in [7, 11) is 4.09. The van der Waals surface area contributed by atoms with Crippen LogP contribution in [0.15, 0.2) is 18.2 Å². The minimum Gasteiger partial charge on any atom is -0.454 e. The lowest BCUT2D eigenvalue weighted by atomic mass is 10.2. The minimum atomic E-state index is -0.0433. The number of nitrogens with one attached hydrogen (secondary N) is 1. The normalized spacial score (nSPS) is 20.5. The van der Waals surface area contributed by atoms with E-state index >= 15 is 0 Å². The average Bonchev–Trinajstić information content (AvgIpc) is 2.85. The molecular formula is C16H23N3O3S. The maximum absolute atomic E-state index is 12.7. The number of likely N-dealkylation sites (N-methyl/N-ethyl adjacent to an activating group) is 1. The molecule has 2 heterocycles. The SMILES string of the molecule is CN(C)C[C@H]1CSCCCN1C(=O)Nc1ccc2c(c1)OCO2. The Kier molecular flexibility index (Phi) is 5.17. The number of ether oxygens (including phenoxy) is 2. The first-order valence-corrected chi connectivity index (χ1v) is 8.98. The average molecular weight is 337 g/mol. The van der Waals surface area contributed by atoms with E-state index in [0.29, 0.717) is 5.75 Å². The van der Waals surface area contributed by atoms with Gasteiger partial charge in [-0.1, -0.05) is 0 Å². The van der Waals surface area contributed by atoms with Gasteiger partial charge in [-0.15, -0.1) is 0 Å². The Bertz CT molecular complexity index is 568. The topological polar surface area (TPSA) is 54.0 Å². The summed E-state index contributed by atoms with van der Waals surface area (Å²) in [6.07, 6.45) is 1.03. The molecule has 126 valence electrons. The summed E-state index contributed by atoms with van der Waals surface area (Å²) in [4.78, 5) is 16.8. The summed E-state index contributed by atoms with van der Waals surface area (Å²) in [5, 5.41) is 3.00. The van der Waals surface area contributed by atoms with Gasteiger partial charge in [0.25, 0.3) is 0 Å². The second kappa shape index (κ2) is 7.31. The molecule has 1 saturated heterocycles. The highest BCUT2D eigenvalue weighted by molar-refractivity contribution is 7.99. The van der Waals surface area contributed by atoms with Crippen LogP contribution in [0.2, 0.25) is 0 Å². The fourth-order valence-corrected chi connectivity index (χ4v) is 3.90. The third kappa shape index (κ3) is 4.03. The van der Waals surface area contributed by atoms with Crippen LogP contribution in [0, 0.1) is 0 Å². The van der Waals surface area contributed by atoms with Gasteiger partial charge in [-0.25, -0.2) is 4.79 Å². The van der Waals surface area contributed by atoms with Crippen LogP contribution >= 0.6 is 11.8 Å². The Balaban J connectivity index is 1.69. The number of benzene rings is 1. The van der Waals surface area contributed by atoms with E-state index in [1.807, 2.05) is 49.0 Å². The number of rotatable bonds is 3. The summed E-state index contributed by atoms with van der Waals surface area (Å²) in [6, 6.07) is 5.67. The molecule has 0 spiro atoms. The number of thioether (sulfide) groups is 1. The smallest absolute Gasteiger partial charge is 0.322 e.